The second-order valence-electron chi connectivity index (χ2n) is 8.41. The van der Waals surface area contributed by atoms with Crippen molar-refractivity contribution >= 4 is 11.5 Å². The maximum Gasteiger partial charge on any atom is 0.234 e. The molecule has 0 saturated carbocycles. The van der Waals surface area contributed by atoms with Gasteiger partial charge in [-0.2, -0.15) is 0 Å². The lowest BCUT2D eigenvalue weighted by Crippen LogP contribution is -2.45. The molecule has 0 spiro atoms. The molecule has 3 nitrogen and oxygen atoms in total. The van der Waals surface area contributed by atoms with Gasteiger partial charge in [0.15, 0.2) is 0 Å². The molecule has 2 aliphatic carbocycles. The SMILES string of the molecule is C=C1NC(=O)C2CC(c3ccc(-c4cccc5c4Cc4ccccc4-5)cc3)=CC=C2N1. The van der Waals surface area contributed by atoms with E-state index in [4.69, 9.17) is 0 Å². The minimum atomic E-state index is -0.180. The van der Waals surface area contributed by atoms with Gasteiger partial charge in [-0.15, -0.1) is 0 Å². The van der Waals surface area contributed by atoms with Crippen molar-refractivity contribution in [3.8, 4) is 22.3 Å². The second-order valence-corrected chi connectivity index (χ2v) is 8.41. The molecule has 0 radical (unpaired) electrons. The lowest BCUT2D eigenvalue weighted by molar-refractivity contribution is -0.124. The van der Waals surface area contributed by atoms with Gasteiger partial charge in [-0.25, -0.2) is 0 Å². The van der Waals surface area contributed by atoms with Crippen LogP contribution < -0.4 is 10.6 Å². The maximum absolute atomic E-state index is 12.4. The van der Waals surface area contributed by atoms with E-state index in [-0.39, 0.29) is 11.8 Å². The topological polar surface area (TPSA) is 41.1 Å². The van der Waals surface area contributed by atoms with Gasteiger partial charge in [0.25, 0.3) is 0 Å². The van der Waals surface area contributed by atoms with Crippen LogP contribution >= 0.6 is 0 Å². The molecule has 1 amide bonds. The predicted molar refractivity (Wildman–Crippen MR) is 125 cm³/mol. The fraction of sp³-hybridized carbons (Fsp3) is 0.107. The van der Waals surface area contributed by atoms with E-state index >= 15 is 0 Å². The average molecular weight is 402 g/mol. The number of nitrogens with one attached hydrogen (secondary N) is 2. The van der Waals surface area contributed by atoms with Crippen molar-refractivity contribution in [3.63, 3.8) is 0 Å². The molecule has 150 valence electrons. The van der Waals surface area contributed by atoms with E-state index in [0.29, 0.717) is 12.2 Å². The molecule has 3 aliphatic rings. The van der Waals surface area contributed by atoms with Crippen molar-refractivity contribution in [2.24, 2.45) is 5.92 Å². The normalized spacial score (nSPS) is 18.8. The third kappa shape index (κ3) is 2.93. The number of rotatable bonds is 2. The van der Waals surface area contributed by atoms with Gasteiger partial charge < -0.3 is 10.6 Å². The van der Waals surface area contributed by atoms with Crippen LogP contribution in [-0.2, 0) is 11.2 Å². The van der Waals surface area contributed by atoms with Crippen LogP contribution in [0.1, 0.15) is 23.1 Å². The summed E-state index contributed by atoms with van der Waals surface area (Å²) in [5, 5.41) is 5.97. The summed E-state index contributed by atoms with van der Waals surface area (Å²) in [5.41, 5.74) is 11.3. The van der Waals surface area contributed by atoms with Gasteiger partial charge in [0.2, 0.25) is 5.91 Å². The predicted octanol–water partition coefficient (Wildman–Crippen LogP) is 5.40. The Labute approximate surface area is 181 Å². The zero-order valence-electron chi connectivity index (χ0n) is 17.1. The minimum Gasteiger partial charge on any atom is -0.345 e. The van der Waals surface area contributed by atoms with Gasteiger partial charge in [0.05, 0.1) is 5.92 Å². The lowest BCUT2D eigenvalue weighted by Gasteiger charge is -2.31. The fourth-order valence-electron chi connectivity index (χ4n) is 5.01. The molecule has 0 aromatic heterocycles. The molecule has 1 fully saturated rings. The highest BCUT2D eigenvalue weighted by Crippen LogP contribution is 2.42. The Morgan fingerprint density at radius 1 is 0.774 bits per heavy atom. The van der Waals surface area contributed by atoms with Crippen LogP contribution in [0.15, 0.2) is 97.0 Å². The summed E-state index contributed by atoms with van der Waals surface area (Å²) < 4.78 is 0. The number of benzene rings is 3. The minimum absolute atomic E-state index is 0.0108. The number of hydrogen-bond acceptors (Lipinski definition) is 2. The summed E-state index contributed by atoms with van der Waals surface area (Å²) in [5.74, 6) is 0.379. The first-order valence-electron chi connectivity index (χ1n) is 10.7. The van der Waals surface area contributed by atoms with E-state index in [1.54, 1.807) is 0 Å². The Hall–Kier alpha value is -3.85. The van der Waals surface area contributed by atoms with Crippen LogP contribution in [0.2, 0.25) is 0 Å². The molecule has 3 heteroatoms. The van der Waals surface area contributed by atoms with Crippen molar-refractivity contribution in [2.45, 2.75) is 12.8 Å². The summed E-state index contributed by atoms with van der Waals surface area (Å²) in [6, 6.07) is 24.0. The van der Waals surface area contributed by atoms with Crippen molar-refractivity contribution in [3.05, 3.63) is 114 Å². The van der Waals surface area contributed by atoms with Crippen LogP contribution in [0.25, 0.3) is 27.8 Å². The molecule has 31 heavy (non-hydrogen) atoms. The highest BCUT2D eigenvalue weighted by Gasteiger charge is 2.31. The van der Waals surface area contributed by atoms with Gasteiger partial charge in [0, 0.05) is 5.70 Å². The summed E-state index contributed by atoms with van der Waals surface area (Å²) in [6.07, 6.45) is 5.78. The van der Waals surface area contributed by atoms with Crippen molar-refractivity contribution in [1.29, 1.82) is 0 Å². The monoisotopic (exact) mass is 402 g/mol. The number of amides is 1. The molecule has 6 rings (SSSR count). The van der Waals surface area contributed by atoms with E-state index in [1.165, 1.54) is 39.0 Å². The van der Waals surface area contributed by atoms with Gasteiger partial charge in [-0.05, 0) is 63.4 Å². The number of fused-ring (bicyclic) bond motifs is 4. The van der Waals surface area contributed by atoms with Crippen LogP contribution in [0.3, 0.4) is 0 Å². The summed E-state index contributed by atoms with van der Waals surface area (Å²) in [7, 11) is 0. The zero-order chi connectivity index (χ0) is 20.9. The first kappa shape index (κ1) is 18.0. The summed E-state index contributed by atoms with van der Waals surface area (Å²) >= 11 is 0. The van der Waals surface area contributed by atoms with Gasteiger partial charge >= 0.3 is 0 Å². The second kappa shape index (κ2) is 6.85. The molecule has 1 aliphatic heterocycles. The molecule has 3 aromatic rings. The summed E-state index contributed by atoms with van der Waals surface area (Å²) in [4.78, 5) is 12.4. The molecule has 1 saturated heterocycles. The number of carbonyl (C=O) groups is 1. The first-order valence-corrected chi connectivity index (χ1v) is 10.7. The molecular formula is C28H22N2O. The first-order chi connectivity index (χ1) is 15.2. The smallest absolute Gasteiger partial charge is 0.234 e. The highest BCUT2D eigenvalue weighted by atomic mass is 16.2. The molecule has 1 heterocycles. The molecular weight excluding hydrogens is 380 g/mol. The van der Waals surface area contributed by atoms with Gasteiger partial charge in [-0.3, -0.25) is 4.79 Å². The standard InChI is InChI=1S/C28H22N2O/c1-17-29-27-14-13-20(15-26(27)28(31)30-17)18-9-11-19(12-10-18)22-7-4-8-24-23-6-3-2-5-21(23)16-25(22)24/h2-14,26,29H,1,15-16H2,(H,30,31). The maximum atomic E-state index is 12.4. The van der Waals surface area contributed by atoms with Crippen molar-refractivity contribution < 1.29 is 4.79 Å². The zero-order valence-corrected chi connectivity index (χ0v) is 17.1. The lowest BCUT2D eigenvalue weighted by atomic mass is 9.85. The van der Waals surface area contributed by atoms with Crippen LogP contribution in [0.5, 0.6) is 0 Å². The quantitative estimate of drug-likeness (QED) is 0.471. The number of hydrogen-bond donors (Lipinski definition) is 2. The molecule has 0 bridgehead atoms. The Morgan fingerprint density at radius 2 is 1.52 bits per heavy atom. The fourth-order valence-corrected chi connectivity index (χ4v) is 5.01. The Bertz CT molecular complexity index is 1310. The van der Waals surface area contributed by atoms with E-state index in [9.17, 15) is 4.79 Å². The van der Waals surface area contributed by atoms with Crippen LogP contribution in [0.4, 0.5) is 0 Å². The highest BCUT2D eigenvalue weighted by molar-refractivity contribution is 5.89. The van der Waals surface area contributed by atoms with E-state index in [2.05, 4.69) is 90.0 Å². The van der Waals surface area contributed by atoms with E-state index < -0.39 is 0 Å². The van der Waals surface area contributed by atoms with Crippen molar-refractivity contribution in [1.82, 2.24) is 10.6 Å². The molecule has 1 unspecified atom stereocenters. The van der Waals surface area contributed by atoms with Crippen LogP contribution in [-0.4, -0.2) is 5.91 Å². The molecule has 2 N–H and O–H groups in total. The molecule has 1 atom stereocenters. The number of carbonyl (C=O) groups excluding carboxylic acids is 1. The summed E-state index contributed by atoms with van der Waals surface area (Å²) in [6.45, 7) is 3.80. The van der Waals surface area contributed by atoms with Gasteiger partial charge in [0.1, 0.15) is 5.82 Å². The van der Waals surface area contributed by atoms with E-state index in [1.807, 2.05) is 6.08 Å². The Morgan fingerprint density at radius 3 is 2.39 bits per heavy atom. The largest absolute Gasteiger partial charge is 0.345 e. The molecule has 3 aromatic carbocycles. The Kier molecular flexibility index (Phi) is 3.97. The Balaban J connectivity index is 1.32. The van der Waals surface area contributed by atoms with E-state index in [0.717, 1.165) is 17.7 Å². The van der Waals surface area contributed by atoms with Crippen molar-refractivity contribution in [2.75, 3.05) is 0 Å². The third-order valence-electron chi connectivity index (χ3n) is 6.57. The van der Waals surface area contributed by atoms with Gasteiger partial charge in [-0.1, -0.05) is 79.4 Å². The van der Waals surface area contributed by atoms with Crippen LogP contribution in [0, 0.1) is 5.92 Å². The average Bonchev–Trinajstić information content (AvgIpc) is 3.18. The third-order valence-corrected chi connectivity index (χ3v) is 6.57. The number of allylic oxidation sites excluding steroid dienone is 3.